The fourth-order valence-corrected chi connectivity index (χ4v) is 7.47. The van der Waals surface area contributed by atoms with Crippen LogP contribution in [-0.4, -0.2) is 55.1 Å². The monoisotopic (exact) mass is 595 g/mol. The third-order valence-electron chi connectivity index (χ3n) is 10.2. The van der Waals surface area contributed by atoms with E-state index >= 15 is 0 Å². The molecule has 1 aliphatic heterocycles. The van der Waals surface area contributed by atoms with Crippen molar-refractivity contribution in [2.75, 3.05) is 6.54 Å². The average molecular weight is 596 g/mol. The lowest BCUT2D eigenvalue weighted by Crippen LogP contribution is -2.65. The van der Waals surface area contributed by atoms with Crippen molar-refractivity contribution in [1.82, 2.24) is 10.6 Å². The Morgan fingerprint density at radius 3 is 2.37 bits per heavy atom. The Hall–Kier alpha value is -2.59. The molecule has 2 bridgehead atoms. The lowest BCUT2D eigenvalue weighted by atomic mass is 9.43. The number of carbonyl (C=O) groups excluding carboxylic acids is 2. The van der Waals surface area contributed by atoms with Crippen LogP contribution in [0.25, 0.3) is 0 Å². The van der Waals surface area contributed by atoms with E-state index in [-0.39, 0.29) is 40.8 Å². The summed E-state index contributed by atoms with van der Waals surface area (Å²) in [5.41, 5.74) is 13.2. The first-order valence-electron chi connectivity index (χ1n) is 16.3. The molecular weight excluding hydrogens is 541 g/mol. The molecule has 1 heterocycles. The standard InChI is InChI=1S/C33H54BN5O4/c1-20(2)17-28(34-42-27-19-24-18-26(32(24,5)6)33(27,7)43-34)39-30(41)25(9-8-16-37-31(35)36)38-29(40)15-12-22-10-13-23(14-11-22)21(3)4/h10-11,13-14,20-21,24-28H,8-9,12,15-19H2,1-7H3,(H,38,40)(H,39,41)(H4,35,36,37)/t24-,25-,26-,27+,28-,33-/m0/s1. The molecular formula is C33H54BN5O4. The Morgan fingerprint density at radius 2 is 1.77 bits per heavy atom. The SMILES string of the molecule is CC(C)C[C@H](NC(=O)[C@H](CCCN=C(N)N)NC(=O)CCc1ccc(C(C)C)cc1)B1O[C@@H]2C[C@@H]3C[C@@H](C3(C)C)[C@]2(C)O1. The van der Waals surface area contributed by atoms with E-state index < -0.39 is 13.2 Å². The number of guanidine groups is 1. The van der Waals surface area contributed by atoms with Crippen LogP contribution in [0.2, 0.25) is 0 Å². The van der Waals surface area contributed by atoms with Crippen LogP contribution in [0.4, 0.5) is 0 Å². The van der Waals surface area contributed by atoms with Crippen molar-refractivity contribution < 1.29 is 18.9 Å². The Bertz CT molecular complexity index is 1150. The summed E-state index contributed by atoms with van der Waals surface area (Å²) in [7, 11) is -0.525. The van der Waals surface area contributed by atoms with E-state index in [1.54, 1.807) is 0 Å². The number of nitrogens with two attached hydrogens (primary N) is 2. The van der Waals surface area contributed by atoms with E-state index in [2.05, 4.69) is 88.4 Å². The highest BCUT2D eigenvalue weighted by Crippen LogP contribution is 2.65. The van der Waals surface area contributed by atoms with Crippen molar-refractivity contribution in [3.8, 4) is 0 Å². The lowest BCUT2D eigenvalue weighted by Gasteiger charge is -2.64. The maximum Gasteiger partial charge on any atom is 0.481 e. The van der Waals surface area contributed by atoms with Crippen LogP contribution in [0, 0.1) is 23.2 Å². The molecule has 9 nitrogen and oxygen atoms in total. The third kappa shape index (κ3) is 7.74. The Labute approximate surface area is 258 Å². The van der Waals surface area contributed by atoms with Gasteiger partial charge in [0, 0.05) is 13.0 Å². The van der Waals surface area contributed by atoms with Gasteiger partial charge in [0.05, 0.1) is 17.6 Å². The highest BCUT2D eigenvalue weighted by Gasteiger charge is 2.68. The van der Waals surface area contributed by atoms with Gasteiger partial charge in [-0.25, -0.2) is 0 Å². The van der Waals surface area contributed by atoms with Crippen LogP contribution in [0.3, 0.4) is 0 Å². The number of nitrogens with one attached hydrogen (secondary N) is 2. The Morgan fingerprint density at radius 1 is 1.07 bits per heavy atom. The van der Waals surface area contributed by atoms with Crippen molar-refractivity contribution in [3.05, 3.63) is 35.4 Å². The van der Waals surface area contributed by atoms with Gasteiger partial charge >= 0.3 is 7.12 Å². The zero-order valence-electron chi connectivity index (χ0n) is 27.3. The first kappa shape index (κ1) is 33.3. The van der Waals surface area contributed by atoms with Crippen LogP contribution in [0.1, 0.15) is 104 Å². The van der Waals surface area contributed by atoms with Gasteiger partial charge in [0.15, 0.2) is 5.96 Å². The summed E-state index contributed by atoms with van der Waals surface area (Å²) in [6.07, 6.45) is 4.76. The molecule has 0 aromatic heterocycles. The van der Waals surface area contributed by atoms with Crippen molar-refractivity contribution in [2.45, 2.75) is 123 Å². The molecule has 10 heteroatoms. The number of carbonyl (C=O) groups is 2. The molecule has 238 valence electrons. The van der Waals surface area contributed by atoms with Crippen LogP contribution in [0.5, 0.6) is 0 Å². The van der Waals surface area contributed by atoms with Crippen molar-refractivity contribution in [3.63, 3.8) is 0 Å². The molecule has 6 atom stereocenters. The summed E-state index contributed by atoms with van der Waals surface area (Å²) < 4.78 is 13.3. The first-order chi connectivity index (χ1) is 20.2. The number of nitrogens with zero attached hydrogens (tertiary/aromatic N) is 1. The molecule has 4 fully saturated rings. The minimum absolute atomic E-state index is 0.0112. The van der Waals surface area contributed by atoms with Gasteiger partial charge in [-0.1, -0.05) is 65.8 Å². The number of benzene rings is 1. The maximum absolute atomic E-state index is 13.8. The number of hydrogen-bond acceptors (Lipinski definition) is 5. The van der Waals surface area contributed by atoms with Crippen molar-refractivity contribution >= 4 is 24.9 Å². The molecule has 1 saturated heterocycles. The van der Waals surface area contributed by atoms with Crippen molar-refractivity contribution in [1.29, 1.82) is 0 Å². The second-order valence-electron chi connectivity index (χ2n) is 14.5. The zero-order valence-corrected chi connectivity index (χ0v) is 27.3. The molecule has 2 amide bonds. The number of amides is 2. The molecule has 6 N–H and O–H groups in total. The highest BCUT2D eigenvalue weighted by atomic mass is 16.7. The lowest BCUT2D eigenvalue weighted by molar-refractivity contribution is -0.199. The van der Waals surface area contributed by atoms with Gasteiger partial charge in [0.1, 0.15) is 6.04 Å². The number of rotatable bonds is 14. The van der Waals surface area contributed by atoms with Gasteiger partial charge in [0.25, 0.3) is 0 Å². The first-order valence-corrected chi connectivity index (χ1v) is 16.3. The smallest absolute Gasteiger partial charge is 0.404 e. The molecule has 4 aliphatic rings. The topological polar surface area (TPSA) is 141 Å². The molecule has 3 aliphatic carbocycles. The number of aryl methyl sites for hydroxylation is 1. The summed E-state index contributed by atoms with van der Waals surface area (Å²) in [5, 5.41) is 6.22. The van der Waals surface area contributed by atoms with E-state index in [9.17, 15) is 9.59 Å². The summed E-state index contributed by atoms with van der Waals surface area (Å²) in [6, 6.07) is 7.65. The third-order valence-corrected chi connectivity index (χ3v) is 10.2. The summed E-state index contributed by atoms with van der Waals surface area (Å²) in [4.78, 5) is 30.9. The fraction of sp³-hybridized carbons (Fsp3) is 0.727. The largest absolute Gasteiger partial charge is 0.481 e. The Balaban J connectivity index is 1.41. The van der Waals surface area contributed by atoms with Gasteiger partial charge in [-0.15, -0.1) is 0 Å². The molecule has 0 radical (unpaired) electrons. The number of hydrogen-bond donors (Lipinski definition) is 4. The minimum Gasteiger partial charge on any atom is -0.404 e. The molecule has 43 heavy (non-hydrogen) atoms. The van der Waals surface area contributed by atoms with Crippen LogP contribution in [0.15, 0.2) is 29.3 Å². The predicted molar refractivity (Wildman–Crippen MR) is 172 cm³/mol. The van der Waals surface area contributed by atoms with Gasteiger partial charge in [-0.2, -0.15) is 0 Å². The fourth-order valence-electron chi connectivity index (χ4n) is 7.47. The zero-order chi connectivity index (χ0) is 31.5. The van der Waals surface area contributed by atoms with Gasteiger partial charge in [-0.3, -0.25) is 14.6 Å². The Kier molecular flexibility index (Phi) is 10.5. The maximum atomic E-state index is 13.8. The molecule has 0 spiro atoms. The van der Waals surface area contributed by atoms with E-state index in [1.165, 1.54) is 12.0 Å². The summed E-state index contributed by atoms with van der Waals surface area (Å²) in [6.45, 7) is 15.8. The second-order valence-corrected chi connectivity index (χ2v) is 14.5. The molecule has 1 aromatic rings. The van der Waals surface area contributed by atoms with E-state index in [1.807, 2.05) is 0 Å². The average Bonchev–Trinajstić information content (AvgIpc) is 3.30. The molecule has 1 aromatic carbocycles. The van der Waals surface area contributed by atoms with Gasteiger partial charge in [0.2, 0.25) is 11.8 Å². The van der Waals surface area contributed by atoms with Crippen LogP contribution < -0.4 is 22.1 Å². The van der Waals surface area contributed by atoms with E-state index in [4.69, 9.17) is 20.8 Å². The second kappa shape index (κ2) is 13.6. The van der Waals surface area contributed by atoms with Crippen LogP contribution >= 0.6 is 0 Å². The quantitative estimate of drug-likeness (QED) is 0.111. The van der Waals surface area contributed by atoms with Gasteiger partial charge < -0.3 is 31.4 Å². The normalized spacial score (nSPS) is 26.8. The number of aliphatic imine (C=N–C) groups is 1. The summed E-state index contributed by atoms with van der Waals surface area (Å²) in [5.74, 6) is 1.15. The minimum atomic E-state index is -0.717. The highest BCUT2D eigenvalue weighted by molar-refractivity contribution is 6.48. The van der Waals surface area contributed by atoms with E-state index in [0.717, 1.165) is 12.0 Å². The van der Waals surface area contributed by atoms with Gasteiger partial charge in [-0.05, 0) is 85.7 Å². The molecule has 3 saturated carbocycles. The predicted octanol–water partition coefficient (Wildman–Crippen LogP) is 4.08. The van der Waals surface area contributed by atoms with E-state index in [0.29, 0.717) is 62.3 Å². The van der Waals surface area contributed by atoms with Crippen molar-refractivity contribution in [2.24, 2.45) is 39.6 Å². The molecule has 5 rings (SSSR count). The molecule has 0 unspecified atom stereocenters. The van der Waals surface area contributed by atoms with Crippen LogP contribution in [-0.2, 0) is 25.3 Å². The summed E-state index contributed by atoms with van der Waals surface area (Å²) >= 11 is 0.